The van der Waals surface area contributed by atoms with Crippen LogP contribution in [0.25, 0.3) is 21.8 Å². The summed E-state index contributed by atoms with van der Waals surface area (Å²) < 4.78 is 1.65. The fourth-order valence-corrected chi connectivity index (χ4v) is 4.27. The first-order valence-corrected chi connectivity index (χ1v) is 10.4. The molecule has 6 heteroatoms. The third-order valence-electron chi connectivity index (χ3n) is 5.34. The smallest absolute Gasteiger partial charge is 0.308 e. The Labute approximate surface area is 183 Å². The zero-order valence-corrected chi connectivity index (χ0v) is 17.6. The number of rotatable bonds is 4. The number of para-hydroxylation sites is 2. The number of imidazole rings is 1. The molecule has 0 spiro atoms. The van der Waals surface area contributed by atoms with Crippen molar-refractivity contribution < 1.29 is 0 Å². The van der Waals surface area contributed by atoms with Crippen molar-refractivity contribution >= 4 is 46.0 Å². The van der Waals surface area contributed by atoms with Crippen LogP contribution in [-0.2, 0) is 13.0 Å². The molecule has 30 heavy (non-hydrogen) atoms. The van der Waals surface area contributed by atoms with E-state index in [1.807, 2.05) is 60.7 Å². The maximum atomic E-state index is 12.7. The standard InChI is InChI=1S/C24H18ClN3OS/c25-16-11-9-15(10-12-16)14-28-23(30)22(27-24(28)29)13-19-17-5-1-3-7-20(17)26-21-8-4-2-6-18(19)21/h1-12,30H,13-14H2,(H,27,29). The molecule has 0 unspecified atom stereocenters. The predicted octanol–water partition coefficient (Wildman–Crippen LogP) is 5.46. The van der Waals surface area contributed by atoms with E-state index >= 15 is 0 Å². The first-order valence-electron chi connectivity index (χ1n) is 9.61. The number of H-pyrrole nitrogens is 1. The lowest BCUT2D eigenvalue weighted by Crippen LogP contribution is -2.17. The van der Waals surface area contributed by atoms with Crippen molar-refractivity contribution in [1.29, 1.82) is 0 Å². The van der Waals surface area contributed by atoms with E-state index in [0.29, 0.717) is 23.0 Å². The summed E-state index contributed by atoms with van der Waals surface area (Å²) >= 11 is 10.7. The Morgan fingerprint density at radius 3 is 2.13 bits per heavy atom. The summed E-state index contributed by atoms with van der Waals surface area (Å²) in [5.74, 6) is 0. The molecule has 4 nitrogen and oxygen atoms in total. The van der Waals surface area contributed by atoms with Gasteiger partial charge >= 0.3 is 5.69 Å². The average Bonchev–Trinajstić information content (AvgIpc) is 3.02. The highest BCUT2D eigenvalue weighted by molar-refractivity contribution is 7.80. The van der Waals surface area contributed by atoms with Gasteiger partial charge in [0, 0.05) is 22.2 Å². The van der Waals surface area contributed by atoms with Gasteiger partial charge in [0.1, 0.15) is 0 Å². The number of fused-ring (bicyclic) bond motifs is 2. The number of hydrogen-bond acceptors (Lipinski definition) is 3. The molecule has 0 bridgehead atoms. The lowest BCUT2D eigenvalue weighted by molar-refractivity contribution is 0.699. The molecule has 148 valence electrons. The second-order valence-electron chi connectivity index (χ2n) is 7.25. The molecule has 0 fully saturated rings. The second kappa shape index (κ2) is 7.67. The monoisotopic (exact) mass is 431 g/mol. The summed E-state index contributed by atoms with van der Waals surface area (Å²) in [6.07, 6.45) is 0.561. The van der Waals surface area contributed by atoms with Crippen LogP contribution in [0.1, 0.15) is 16.8 Å². The quantitative estimate of drug-likeness (QED) is 0.293. The average molecular weight is 432 g/mol. The second-order valence-corrected chi connectivity index (χ2v) is 8.11. The lowest BCUT2D eigenvalue weighted by Gasteiger charge is -2.11. The van der Waals surface area contributed by atoms with Crippen LogP contribution in [0.3, 0.4) is 0 Å². The van der Waals surface area contributed by atoms with E-state index < -0.39 is 0 Å². The Hall–Kier alpha value is -3.02. The fraction of sp³-hybridized carbons (Fsp3) is 0.0833. The predicted molar refractivity (Wildman–Crippen MR) is 125 cm³/mol. The summed E-state index contributed by atoms with van der Waals surface area (Å²) in [6.45, 7) is 0.434. The van der Waals surface area contributed by atoms with Crippen LogP contribution in [0, 0.1) is 0 Å². The van der Waals surface area contributed by atoms with Crippen molar-refractivity contribution in [3.05, 3.63) is 105 Å². The van der Waals surface area contributed by atoms with E-state index in [1.165, 1.54) is 0 Å². The van der Waals surface area contributed by atoms with Crippen LogP contribution in [0.15, 0.2) is 82.6 Å². The first-order chi connectivity index (χ1) is 14.6. The van der Waals surface area contributed by atoms with Crippen molar-refractivity contribution in [2.24, 2.45) is 0 Å². The van der Waals surface area contributed by atoms with Gasteiger partial charge in [0.2, 0.25) is 0 Å². The summed E-state index contributed by atoms with van der Waals surface area (Å²) in [7, 11) is 0. The van der Waals surface area contributed by atoms with Gasteiger partial charge in [0.15, 0.2) is 0 Å². The Morgan fingerprint density at radius 2 is 1.50 bits per heavy atom. The van der Waals surface area contributed by atoms with E-state index in [9.17, 15) is 4.79 Å². The Bertz CT molecular complexity index is 1380. The molecular formula is C24H18ClN3OS. The van der Waals surface area contributed by atoms with Crippen LogP contribution in [-0.4, -0.2) is 14.5 Å². The molecule has 0 saturated carbocycles. The molecule has 2 heterocycles. The molecule has 0 aliphatic rings. The largest absolute Gasteiger partial charge is 0.326 e. The summed E-state index contributed by atoms with van der Waals surface area (Å²) in [6, 6.07) is 23.7. The van der Waals surface area contributed by atoms with Gasteiger partial charge in [-0.05, 0) is 35.4 Å². The molecule has 0 radical (unpaired) electrons. The lowest BCUT2D eigenvalue weighted by atomic mass is 9.99. The topological polar surface area (TPSA) is 50.7 Å². The highest BCUT2D eigenvalue weighted by Crippen LogP contribution is 2.29. The number of benzene rings is 3. The summed E-state index contributed by atoms with van der Waals surface area (Å²) in [5, 5.41) is 3.47. The highest BCUT2D eigenvalue weighted by Gasteiger charge is 2.16. The SMILES string of the molecule is O=c1[nH]c(Cc2c3ccccc3nc3ccccc23)c(S)n1Cc1ccc(Cl)cc1. The molecular weight excluding hydrogens is 414 g/mol. The molecule has 1 N–H and O–H groups in total. The molecule has 0 aliphatic heterocycles. The van der Waals surface area contributed by atoms with Crippen LogP contribution in [0.2, 0.25) is 5.02 Å². The van der Waals surface area contributed by atoms with Gasteiger partial charge < -0.3 is 4.98 Å². The van der Waals surface area contributed by atoms with Crippen molar-refractivity contribution in [2.45, 2.75) is 18.0 Å². The van der Waals surface area contributed by atoms with Crippen molar-refractivity contribution in [3.63, 3.8) is 0 Å². The van der Waals surface area contributed by atoms with Crippen molar-refractivity contribution in [3.8, 4) is 0 Å². The molecule has 5 rings (SSSR count). The number of aromatic amines is 1. The van der Waals surface area contributed by atoms with Gasteiger partial charge in [0.25, 0.3) is 0 Å². The van der Waals surface area contributed by atoms with Crippen molar-refractivity contribution in [2.75, 3.05) is 0 Å². The minimum Gasteiger partial charge on any atom is -0.308 e. The van der Waals surface area contributed by atoms with Gasteiger partial charge in [-0.1, -0.05) is 60.1 Å². The summed E-state index contributed by atoms with van der Waals surface area (Å²) in [4.78, 5) is 20.5. The number of nitrogens with one attached hydrogen (secondary N) is 1. The van der Waals surface area contributed by atoms with Crippen LogP contribution in [0.4, 0.5) is 0 Å². The number of aromatic nitrogens is 3. The third kappa shape index (κ3) is 3.40. The van der Waals surface area contributed by atoms with E-state index in [2.05, 4.69) is 17.1 Å². The number of nitrogens with zero attached hydrogens (tertiary/aromatic N) is 2. The Kier molecular flexibility index (Phi) is 4.85. The number of pyridine rings is 1. The van der Waals surface area contributed by atoms with Crippen LogP contribution < -0.4 is 5.69 Å². The maximum Gasteiger partial charge on any atom is 0.326 e. The van der Waals surface area contributed by atoms with Gasteiger partial charge in [-0.15, -0.1) is 12.6 Å². The number of hydrogen-bond donors (Lipinski definition) is 2. The molecule has 0 saturated heterocycles. The van der Waals surface area contributed by atoms with Gasteiger partial charge in [0.05, 0.1) is 28.3 Å². The number of thiol groups is 1. The molecule has 5 aromatic rings. The minimum absolute atomic E-state index is 0.174. The molecule has 0 amide bonds. The van der Waals surface area contributed by atoms with E-state index in [0.717, 1.165) is 38.6 Å². The first kappa shape index (κ1) is 19.0. The van der Waals surface area contributed by atoms with Gasteiger partial charge in [-0.3, -0.25) is 4.57 Å². The van der Waals surface area contributed by atoms with Crippen molar-refractivity contribution in [1.82, 2.24) is 14.5 Å². The van der Waals surface area contributed by atoms with Gasteiger partial charge in [-0.2, -0.15) is 0 Å². The van der Waals surface area contributed by atoms with E-state index in [-0.39, 0.29) is 5.69 Å². The summed E-state index contributed by atoms with van der Waals surface area (Å²) in [5.41, 5.74) is 4.62. The third-order valence-corrected chi connectivity index (χ3v) is 6.10. The van der Waals surface area contributed by atoms with Crippen LogP contribution in [0.5, 0.6) is 0 Å². The maximum absolute atomic E-state index is 12.7. The normalized spacial score (nSPS) is 11.4. The zero-order valence-electron chi connectivity index (χ0n) is 16.0. The molecule has 2 aromatic heterocycles. The van der Waals surface area contributed by atoms with E-state index in [1.54, 1.807) is 4.57 Å². The molecule has 3 aromatic carbocycles. The minimum atomic E-state index is -0.174. The number of halogens is 1. The zero-order chi connectivity index (χ0) is 20.7. The Balaban J connectivity index is 1.60. The van der Waals surface area contributed by atoms with E-state index in [4.69, 9.17) is 29.2 Å². The Morgan fingerprint density at radius 1 is 0.900 bits per heavy atom. The van der Waals surface area contributed by atoms with Gasteiger partial charge in [-0.25, -0.2) is 9.78 Å². The molecule has 0 atom stereocenters. The highest BCUT2D eigenvalue weighted by atomic mass is 35.5. The van der Waals surface area contributed by atoms with Crippen LogP contribution >= 0.6 is 24.2 Å². The fourth-order valence-electron chi connectivity index (χ4n) is 3.85. The molecule has 0 aliphatic carbocycles.